The number of aliphatic carboxylic acids is 1. The Kier molecular flexibility index (Phi) is 5.37. The highest BCUT2D eigenvalue weighted by molar-refractivity contribution is 5.69. The van der Waals surface area contributed by atoms with Gasteiger partial charge in [0.25, 0.3) is 0 Å². The quantitative estimate of drug-likeness (QED) is 0.793. The number of hydrogen-bond acceptors (Lipinski definition) is 5. The van der Waals surface area contributed by atoms with Crippen molar-refractivity contribution in [1.82, 2.24) is 4.90 Å². The fraction of sp³-hybridized carbons (Fsp3) is 0.500. The lowest BCUT2D eigenvalue weighted by atomic mass is 10.1. The van der Waals surface area contributed by atoms with E-state index in [0.717, 1.165) is 6.42 Å². The van der Waals surface area contributed by atoms with Crippen LogP contribution in [0, 0.1) is 0 Å². The number of ether oxygens (including phenoxy) is 3. The van der Waals surface area contributed by atoms with Crippen molar-refractivity contribution in [3.63, 3.8) is 0 Å². The first-order valence-electron chi connectivity index (χ1n) is 6.81. The van der Waals surface area contributed by atoms with Crippen LogP contribution in [-0.4, -0.2) is 42.5 Å². The standard InChI is InChI=1S/C14H17F2NO5/c1-2-3-17(7-13(18)19)6-9-4-11-12(21-8-20-11)5-10(9)22-14(15)16/h4-5,14H,2-3,6-8H2,1H3,(H,18,19). The van der Waals surface area contributed by atoms with Crippen LogP contribution in [0.1, 0.15) is 18.9 Å². The Morgan fingerprint density at radius 2 is 2.09 bits per heavy atom. The normalized spacial score (nSPS) is 13.0. The largest absolute Gasteiger partial charge is 0.480 e. The summed E-state index contributed by atoms with van der Waals surface area (Å²) in [4.78, 5) is 12.5. The van der Waals surface area contributed by atoms with Crippen molar-refractivity contribution in [3.05, 3.63) is 17.7 Å². The first kappa shape index (κ1) is 16.3. The van der Waals surface area contributed by atoms with E-state index in [1.807, 2.05) is 6.92 Å². The summed E-state index contributed by atoms with van der Waals surface area (Å²) in [5.74, 6) is -0.251. The summed E-state index contributed by atoms with van der Waals surface area (Å²) in [5.41, 5.74) is 0.430. The summed E-state index contributed by atoms with van der Waals surface area (Å²) in [6.45, 7) is -0.547. The molecule has 1 aromatic rings. The minimum Gasteiger partial charge on any atom is -0.480 e. The first-order valence-corrected chi connectivity index (χ1v) is 6.81. The smallest absolute Gasteiger partial charge is 0.387 e. The number of carbonyl (C=O) groups is 1. The maximum atomic E-state index is 12.5. The van der Waals surface area contributed by atoms with Crippen LogP contribution in [0.3, 0.4) is 0 Å². The van der Waals surface area contributed by atoms with E-state index < -0.39 is 12.6 Å². The lowest BCUT2D eigenvalue weighted by Crippen LogP contribution is -2.30. The average Bonchev–Trinajstić information content (AvgIpc) is 2.85. The molecule has 0 bridgehead atoms. The molecule has 0 aromatic heterocycles. The molecule has 0 atom stereocenters. The molecule has 122 valence electrons. The van der Waals surface area contributed by atoms with Crippen LogP contribution in [0.15, 0.2) is 12.1 Å². The van der Waals surface area contributed by atoms with Gasteiger partial charge in [-0.15, -0.1) is 0 Å². The molecule has 0 amide bonds. The van der Waals surface area contributed by atoms with Crippen LogP contribution in [0.2, 0.25) is 0 Å². The third-order valence-corrected chi connectivity index (χ3v) is 3.06. The molecule has 0 fully saturated rings. The second-order valence-corrected chi connectivity index (χ2v) is 4.80. The van der Waals surface area contributed by atoms with Gasteiger partial charge in [0.15, 0.2) is 11.5 Å². The molecule has 0 radical (unpaired) electrons. The maximum Gasteiger partial charge on any atom is 0.387 e. The summed E-state index contributed by atoms with van der Waals surface area (Å²) < 4.78 is 40.0. The molecule has 0 saturated carbocycles. The zero-order valence-corrected chi connectivity index (χ0v) is 12.1. The van der Waals surface area contributed by atoms with Crippen LogP contribution in [-0.2, 0) is 11.3 Å². The van der Waals surface area contributed by atoms with Gasteiger partial charge >= 0.3 is 12.6 Å². The summed E-state index contributed by atoms with van der Waals surface area (Å²) >= 11 is 0. The molecule has 8 heteroatoms. The van der Waals surface area contributed by atoms with E-state index in [4.69, 9.17) is 14.6 Å². The number of carboxylic acid groups (broad SMARTS) is 1. The van der Waals surface area contributed by atoms with Gasteiger partial charge < -0.3 is 19.3 Å². The second-order valence-electron chi connectivity index (χ2n) is 4.80. The Labute approximate surface area is 126 Å². The molecule has 6 nitrogen and oxygen atoms in total. The van der Waals surface area contributed by atoms with Crippen molar-refractivity contribution >= 4 is 5.97 Å². The minimum absolute atomic E-state index is 0.0146. The number of halogens is 2. The monoisotopic (exact) mass is 317 g/mol. The van der Waals surface area contributed by atoms with Gasteiger partial charge in [0.2, 0.25) is 6.79 Å². The topological polar surface area (TPSA) is 68.2 Å². The molecule has 0 aliphatic carbocycles. The number of benzene rings is 1. The lowest BCUT2D eigenvalue weighted by molar-refractivity contribution is -0.138. The van der Waals surface area contributed by atoms with E-state index in [2.05, 4.69) is 4.74 Å². The van der Waals surface area contributed by atoms with Crippen molar-refractivity contribution in [2.24, 2.45) is 0 Å². The molecule has 0 saturated heterocycles. The van der Waals surface area contributed by atoms with Crippen molar-refractivity contribution in [2.75, 3.05) is 19.9 Å². The van der Waals surface area contributed by atoms with Gasteiger partial charge in [-0.1, -0.05) is 6.92 Å². The SMILES string of the molecule is CCCN(CC(=O)O)Cc1cc2c(cc1OC(F)F)OCO2. The number of rotatable bonds is 8. The van der Waals surface area contributed by atoms with Gasteiger partial charge in [-0.05, 0) is 19.0 Å². The van der Waals surface area contributed by atoms with Crippen LogP contribution in [0.4, 0.5) is 8.78 Å². The van der Waals surface area contributed by atoms with Gasteiger partial charge in [-0.2, -0.15) is 8.78 Å². The Morgan fingerprint density at radius 3 is 2.68 bits per heavy atom. The van der Waals surface area contributed by atoms with Crippen molar-refractivity contribution in [3.8, 4) is 17.2 Å². The predicted molar refractivity (Wildman–Crippen MR) is 72.4 cm³/mol. The van der Waals surface area contributed by atoms with E-state index in [0.29, 0.717) is 23.6 Å². The second kappa shape index (κ2) is 7.26. The summed E-state index contributed by atoms with van der Waals surface area (Å²) in [6, 6.07) is 2.89. The third-order valence-electron chi connectivity index (χ3n) is 3.06. The summed E-state index contributed by atoms with van der Waals surface area (Å²) in [6.07, 6.45) is 0.739. The number of alkyl halides is 2. The van der Waals surface area contributed by atoms with E-state index in [-0.39, 0.29) is 25.6 Å². The lowest BCUT2D eigenvalue weighted by Gasteiger charge is -2.21. The molecule has 1 aliphatic heterocycles. The van der Waals surface area contributed by atoms with Crippen LogP contribution in [0.5, 0.6) is 17.2 Å². The molecule has 2 rings (SSSR count). The Morgan fingerprint density at radius 1 is 1.41 bits per heavy atom. The van der Waals surface area contributed by atoms with Crippen molar-refractivity contribution in [2.45, 2.75) is 26.5 Å². The molecule has 0 spiro atoms. The van der Waals surface area contributed by atoms with Crippen molar-refractivity contribution < 1.29 is 32.9 Å². The van der Waals surface area contributed by atoms with Crippen molar-refractivity contribution in [1.29, 1.82) is 0 Å². The maximum absolute atomic E-state index is 12.5. The van der Waals surface area contributed by atoms with Gasteiger partial charge in [0, 0.05) is 18.2 Å². The minimum atomic E-state index is -2.97. The van der Waals surface area contributed by atoms with Crippen LogP contribution < -0.4 is 14.2 Å². The van der Waals surface area contributed by atoms with Gasteiger partial charge in [-0.25, -0.2) is 0 Å². The number of hydrogen-bond donors (Lipinski definition) is 1. The summed E-state index contributed by atoms with van der Waals surface area (Å²) in [5, 5.41) is 8.92. The van der Waals surface area contributed by atoms with Gasteiger partial charge in [0.1, 0.15) is 5.75 Å². The molecule has 1 aromatic carbocycles. The fourth-order valence-electron chi connectivity index (χ4n) is 2.26. The molecule has 1 aliphatic rings. The Bertz CT molecular complexity index is 538. The fourth-order valence-corrected chi connectivity index (χ4v) is 2.26. The molecule has 22 heavy (non-hydrogen) atoms. The van der Waals surface area contributed by atoms with E-state index in [1.54, 1.807) is 11.0 Å². The van der Waals surface area contributed by atoms with Gasteiger partial charge in [0.05, 0.1) is 6.54 Å². The highest BCUT2D eigenvalue weighted by Crippen LogP contribution is 2.39. The Hall–Kier alpha value is -2.09. The highest BCUT2D eigenvalue weighted by atomic mass is 19.3. The predicted octanol–water partition coefficient (Wildman–Crippen LogP) is 2.31. The van der Waals surface area contributed by atoms with Crippen LogP contribution in [0.25, 0.3) is 0 Å². The molecule has 0 unspecified atom stereocenters. The zero-order valence-electron chi connectivity index (χ0n) is 12.1. The molecule has 1 heterocycles. The summed E-state index contributed by atoms with van der Waals surface area (Å²) in [7, 11) is 0. The molecular formula is C14H17F2NO5. The van der Waals surface area contributed by atoms with E-state index >= 15 is 0 Å². The highest BCUT2D eigenvalue weighted by Gasteiger charge is 2.21. The van der Waals surface area contributed by atoms with Gasteiger partial charge in [-0.3, -0.25) is 9.69 Å². The van der Waals surface area contributed by atoms with E-state index in [1.165, 1.54) is 6.07 Å². The molecular weight excluding hydrogens is 300 g/mol. The zero-order chi connectivity index (χ0) is 16.1. The first-order chi connectivity index (χ1) is 10.5. The average molecular weight is 317 g/mol. The van der Waals surface area contributed by atoms with Crippen LogP contribution >= 0.6 is 0 Å². The third kappa shape index (κ3) is 4.20. The Balaban J connectivity index is 2.24. The number of carboxylic acids is 1. The molecule has 1 N–H and O–H groups in total. The number of nitrogens with zero attached hydrogens (tertiary/aromatic N) is 1. The van der Waals surface area contributed by atoms with E-state index in [9.17, 15) is 13.6 Å². The number of fused-ring (bicyclic) bond motifs is 1.